The highest BCUT2D eigenvalue weighted by atomic mass is 35.5. The number of sulfonamides is 1. The zero-order valence-corrected chi connectivity index (χ0v) is 15.6. The lowest BCUT2D eigenvalue weighted by molar-refractivity contribution is 0.591. The lowest BCUT2D eigenvalue weighted by atomic mass is 10.3. The van der Waals surface area contributed by atoms with Crippen LogP contribution in [0.1, 0.15) is 13.8 Å². The Hall–Kier alpha value is -2.83. The fourth-order valence-corrected chi connectivity index (χ4v) is 3.26. The van der Waals surface area contributed by atoms with Crippen molar-refractivity contribution in [2.75, 3.05) is 5.32 Å². The average molecular weight is 393 g/mol. The molecule has 136 valence electrons. The van der Waals surface area contributed by atoms with Crippen molar-refractivity contribution in [2.45, 2.75) is 24.8 Å². The molecule has 1 aromatic heterocycles. The Kier molecular flexibility index (Phi) is 6.38. The highest BCUT2D eigenvalue weighted by Crippen LogP contribution is 2.25. The van der Waals surface area contributed by atoms with Gasteiger partial charge in [-0.2, -0.15) is 5.26 Å². The van der Waals surface area contributed by atoms with E-state index in [0.29, 0.717) is 16.4 Å². The van der Waals surface area contributed by atoms with Gasteiger partial charge in [-0.25, -0.2) is 18.1 Å². The van der Waals surface area contributed by atoms with Gasteiger partial charge in [-0.3, -0.25) is 10.3 Å². The zero-order chi connectivity index (χ0) is 19.2. The summed E-state index contributed by atoms with van der Waals surface area (Å²) in [5, 5.41) is 14.5. The van der Waals surface area contributed by atoms with E-state index < -0.39 is 10.0 Å². The van der Waals surface area contributed by atoms with E-state index in [9.17, 15) is 8.42 Å². The molecule has 2 rings (SSSR count). The maximum atomic E-state index is 12.7. The Labute approximate surface area is 157 Å². The van der Waals surface area contributed by atoms with Crippen LogP contribution in [-0.2, 0) is 10.0 Å². The van der Waals surface area contributed by atoms with Crippen molar-refractivity contribution in [2.24, 2.45) is 4.99 Å². The van der Waals surface area contributed by atoms with E-state index >= 15 is 0 Å². The van der Waals surface area contributed by atoms with Crippen LogP contribution < -0.4 is 15.4 Å². The van der Waals surface area contributed by atoms with E-state index in [4.69, 9.17) is 16.9 Å². The molecule has 3 N–H and O–H groups in total. The van der Waals surface area contributed by atoms with E-state index in [1.54, 1.807) is 44.3 Å². The largest absolute Gasteiger partial charge is 0.354 e. The Balaban J connectivity index is 2.37. The number of aromatic nitrogens is 1. The van der Waals surface area contributed by atoms with Gasteiger partial charge in [0.05, 0.1) is 5.69 Å². The van der Waals surface area contributed by atoms with Gasteiger partial charge in [-0.05, 0) is 38.1 Å². The van der Waals surface area contributed by atoms with Crippen LogP contribution in [0.5, 0.6) is 0 Å². The number of rotatable bonds is 5. The lowest BCUT2D eigenvalue weighted by Crippen LogP contribution is -2.39. The molecule has 0 aliphatic rings. The van der Waals surface area contributed by atoms with Crippen molar-refractivity contribution in [3.63, 3.8) is 0 Å². The first-order valence-electron chi connectivity index (χ1n) is 7.54. The van der Waals surface area contributed by atoms with Crippen LogP contribution in [0.4, 0.5) is 11.4 Å². The van der Waals surface area contributed by atoms with Gasteiger partial charge in [0.2, 0.25) is 5.96 Å². The molecule has 0 saturated carbocycles. The second kappa shape index (κ2) is 8.51. The van der Waals surface area contributed by atoms with Gasteiger partial charge >= 0.3 is 0 Å². The predicted molar refractivity (Wildman–Crippen MR) is 101 cm³/mol. The van der Waals surface area contributed by atoms with Crippen molar-refractivity contribution in [1.29, 1.82) is 5.26 Å². The molecule has 0 bridgehead atoms. The van der Waals surface area contributed by atoms with Crippen molar-refractivity contribution >= 4 is 39.0 Å². The Morgan fingerprint density at radius 1 is 1.35 bits per heavy atom. The summed E-state index contributed by atoms with van der Waals surface area (Å²) in [6.07, 6.45) is 4.32. The quantitative estimate of drug-likeness (QED) is 0.311. The summed E-state index contributed by atoms with van der Waals surface area (Å²) >= 11 is 5.96. The van der Waals surface area contributed by atoms with Crippen LogP contribution in [0.2, 0.25) is 5.02 Å². The fourth-order valence-electron chi connectivity index (χ4n) is 2.00. The average Bonchev–Trinajstić information content (AvgIpc) is 2.54. The third-order valence-electron chi connectivity index (χ3n) is 2.97. The molecule has 1 heterocycles. The van der Waals surface area contributed by atoms with Gasteiger partial charge in [0.15, 0.2) is 6.19 Å². The molecule has 0 aliphatic heterocycles. The normalized spacial score (nSPS) is 11.7. The molecule has 0 fully saturated rings. The van der Waals surface area contributed by atoms with E-state index in [0.717, 1.165) is 0 Å². The summed E-state index contributed by atoms with van der Waals surface area (Å²) in [7, 11) is -4.04. The summed E-state index contributed by atoms with van der Waals surface area (Å²) in [6.45, 7) is 3.51. The van der Waals surface area contributed by atoms with Crippen LogP contribution in [-0.4, -0.2) is 25.4 Å². The van der Waals surface area contributed by atoms with Gasteiger partial charge in [0.25, 0.3) is 10.0 Å². The summed E-state index contributed by atoms with van der Waals surface area (Å²) in [4.78, 5) is 7.81. The molecule has 0 spiro atoms. The molecule has 8 nitrogen and oxygen atoms in total. The van der Waals surface area contributed by atoms with E-state index in [1.807, 2.05) is 0 Å². The topological polar surface area (TPSA) is 119 Å². The first-order chi connectivity index (χ1) is 12.3. The molecule has 0 unspecified atom stereocenters. The highest BCUT2D eigenvalue weighted by Gasteiger charge is 2.21. The summed E-state index contributed by atoms with van der Waals surface area (Å²) < 4.78 is 27.7. The predicted octanol–water partition coefficient (Wildman–Crippen LogP) is 2.59. The number of halogens is 1. The minimum Gasteiger partial charge on any atom is -0.354 e. The third-order valence-corrected chi connectivity index (χ3v) is 4.57. The second-order valence-corrected chi connectivity index (χ2v) is 7.51. The smallest absolute Gasteiger partial charge is 0.267 e. The maximum Gasteiger partial charge on any atom is 0.267 e. The van der Waals surface area contributed by atoms with Gasteiger partial charge < -0.3 is 5.32 Å². The molecule has 0 amide bonds. The first kappa shape index (κ1) is 19.5. The Bertz CT molecular complexity index is 953. The van der Waals surface area contributed by atoms with Crippen LogP contribution in [0, 0.1) is 11.5 Å². The number of hydrogen-bond donors (Lipinski definition) is 3. The van der Waals surface area contributed by atoms with Crippen LogP contribution in [0.3, 0.4) is 0 Å². The highest BCUT2D eigenvalue weighted by molar-refractivity contribution is 7.90. The number of aliphatic imine (C=N–C) groups is 1. The standard InChI is InChI=1S/C16H17ClN6O2S/c1-11(2)21-16(20-10-18)23-26(24,25)15-9-19-7-6-14(15)22-13-5-3-4-12(17)8-13/h3-9,11H,1-2H3,(H,19,22)(H2,20,21,23). The van der Waals surface area contributed by atoms with Crippen molar-refractivity contribution < 1.29 is 8.42 Å². The number of hydrogen-bond acceptors (Lipinski definition) is 6. The van der Waals surface area contributed by atoms with E-state index in [1.165, 1.54) is 18.5 Å². The SMILES string of the molecule is CC(C)N=C(NC#N)NS(=O)(=O)c1cnccc1Nc1cccc(Cl)c1. The first-order valence-corrected chi connectivity index (χ1v) is 9.40. The molecule has 1 aromatic carbocycles. The number of benzene rings is 1. The van der Waals surface area contributed by atoms with E-state index in [2.05, 4.69) is 25.3 Å². The number of pyridine rings is 1. The fraction of sp³-hybridized carbons (Fsp3) is 0.188. The minimum absolute atomic E-state index is 0.101. The monoisotopic (exact) mass is 392 g/mol. The van der Waals surface area contributed by atoms with Crippen LogP contribution in [0.15, 0.2) is 52.6 Å². The van der Waals surface area contributed by atoms with Gasteiger partial charge in [0.1, 0.15) is 4.90 Å². The van der Waals surface area contributed by atoms with Crippen LogP contribution >= 0.6 is 11.6 Å². The zero-order valence-electron chi connectivity index (χ0n) is 14.1. The van der Waals surface area contributed by atoms with Crippen molar-refractivity contribution in [3.05, 3.63) is 47.7 Å². The number of nitriles is 1. The molecule has 0 atom stereocenters. The summed E-state index contributed by atoms with van der Waals surface area (Å²) in [5.41, 5.74) is 0.919. The van der Waals surface area contributed by atoms with Crippen molar-refractivity contribution in [1.82, 2.24) is 15.0 Å². The Morgan fingerprint density at radius 3 is 2.77 bits per heavy atom. The van der Waals surface area contributed by atoms with Crippen LogP contribution in [0.25, 0.3) is 0 Å². The molecular weight excluding hydrogens is 376 g/mol. The molecule has 26 heavy (non-hydrogen) atoms. The molecule has 10 heteroatoms. The Morgan fingerprint density at radius 2 is 2.12 bits per heavy atom. The molecule has 0 saturated heterocycles. The second-order valence-electron chi connectivity index (χ2n) is 5.42. The van der Waals surface area contributed by atoms with Gasteiger partial charge in [0, 0.05) is 29.1 Å². The molecule has 0 aliphatic carbocycles. The summed E-state index contributed by atoms with van der Waals surface area (Å²) in [6, 6.07) is 8.16. The number of guanidine groups is 1. The minimum atomic E-state index is -4.04. The molecule has 2 aromatic rings. The number of nitrogens with zero attached hydrogens (tertiary/aromatic N) is 3. The lowest BCUT2D eigenvalue weighted by Gasteiger charge is -2.14. The number of nitrogens with one attached hydrogen (secondary N) is 3. The van der Waals surface area contributed by atoms with Gasteiger partial charge in [-0.15, -0.1) is 0 Å². The van der Waals surface area contributed by atoms with Crippen molar-refractivity contribution in [3.8, 4) is 6.19 Å². The molecule has 0 radical (unpaired) electrons. The summed E-state index contributed by atoms with van der Waals surface area (Å²) in [5.74, 6) is -0.167. The maximum absolute atomic E-state index is 12.7. The molecular formula is C16H17ClN6O2S. The van der Waals surface area contributed by atoms with E-state index in [-0.39, 0.29) is 16.9 Å². The number of anilines is 2. The van der Waals surface area contributed by atoms with Gasteiger partial charge in [-0.1, -0.05) is 17.7 Å². The third kappa shape index (κ3) is 5.34.